The Morgan fingerprint density at radius 1 is 1.29 bits per heavy atom. The van der Waals surface area contributed by atoms with E-state index in [0.29, 0.717) is 25.0 Å². The molecule has 4 heteroatoms. The Kier molecular flexibility index (Phi) is 4.95. The molecule has 1 aliphatic carbocycles. The highest BCUT2D eigenvalue weighted by Gasteiger charge is 2.37. The van der Waals surface area contributed by atoms with Gasteiger partial charge in [0, 0.05) is 24.9 Å². The maximum atomic E-state index is 11.8. The van der Waals surface area contributed by atoms with Crippen LogP contribution in [0.5, 0.6) is 0 Å². The van der Waals surface area contributed by atoms with Crippen LogP contribution in [0.1, 0.15) is 32.1 Å². The Morgan fingerprint density at radius 2 is 2.18 bits per heavy atom. The smallest absolute Gasteiger partial charge is 0.137 e. The zero-order valence-corrected chi connectivity index (χ0v) is 10.4. The van der Waals surface area contributed by atoms with E-state index in [2.05, 4.69) is 4.90 Å². The number of nitrogens with zero attached hydrogens (tertiary/aromatic N) is 1. The number of carbonyl (C=O) groups is 1. The molecular formula is C13H23NO3. The molecule has 17 heavy (non-hydrogen) atoms. The van der Waals surface area contributed by atoms with Crippen LogP contribution in [0.3, 0.4) is 0 Å². The average Bonchev–Trinajstić information content (AvgIpc) is 2.93. The predicted molar refractivity (Wildman–Crippen MR) is 64.8 cm³/mol. The van der Waals surface area contributed by atoms with Crippen molar-refractivity contribution in [2.24, 2.45) is 5.92 Å². The number of ketones is 1. The highest BCUT2D eigenvalue weighted by Crippen LogP contribution is 2.32. The van der Waals surface area contributed by atoms with Crippen molar-refractivity contribution in [3.05, 3.63) is 0 Å². The van der Waals surface area contributed by atoms with Gasteiger partial charge in [-0.1, -0.05) is 0 Å². The van der Waals surface area contributed by atoms with Crippen molar-refractivity contribution in [3.63, 3.8) is 0 Å². The van der Waals surface area contributed by atoms with Crippen molar-refractivity contribution in [1.29, 1.82) is 0 Å². The molecule has 1 aliphatic heterocycles. The maximum absolute atomic E-state index is 11.8. The van der Waals surface area contributed by atoms with Crippen molar-refractivity contribution in [2.45, 2.75) is 38.1 Å². The first-order valence-corrected chi connectivity index (χ1v) is 6.78. The standard InChI is InChI=1S/C13H23NO3/c15-8-10-17-9-7-14-6-2-4-12(14)11-3-1-5-13(11)16/h11-12,15H,1-10H2. The summed E-state index contributed by atoms with van der Waals surface area (Å²) in [5.74, 6) is 0.758. The summed E-state index contributed by atoms with van der Waals surface area (Å²) >= 11 is 0. The third-order valence-electron chi connectivity index (χ3n) is 3.99. The quantitative estimate of drug-likeness (QED) is 0.700. The van der Waals surface area contributed by atoms with E-state index in [1.165, 1.54) is 6.42 Å². The molecule has 0 spiro atoms. The number of carbonyl (C=O) groups excluding carboxylic acids is 1. The van der Waals surface area contributed by atoms with Crippen LogP contribution < -0.4 is 0 Å². The number of aliphatic hydroxyl groups excluding tert-OH is 1. The molecule has 2 unspecified atom stereocenters. The number of Topliss-reactive ketones (excluding diaryl/α,β-unsaturated/α-hetero) is 1. The highest BCUT2D eigenvalue weighted by molar-refractivity contribution is 5.83. The predicted octanol–water partition coefficient (Wildman–Crippen LogP) is 0.829. The lowest BCUT2D eigenvalue weighted by atomic mass is 9.95. The van der Waals surface area contributed by atoms with E-state index in [-0.39, 0.29) is 12.5 Å². The van der Waals surface area contributed by atoms with Crippen molar-refractivity contribution in [1.82, 2.24) is 4.90 Å². The van der Waals surface area contributed by atoms with Gasteiger partial charge < -0.3 is 9.84 Å². The van der Waals surface area contributed by atoms with Crippen LogP contribution in [-0.2, 0) is 9.53 Å². The van der Waals surface area contributed by atoms with E-state index in [9.17, 15) is 4.79 Å². The SMILES string of the molecule is O=C1CCCC1C1CCCN1CCOCCO. The Balaban J connectivity index is 1.78. The molecule has 98 valence electrons. The topological polar surface area (TPSA) is 49.8 Å². The number of likely N-dealkylation sites (tertiary alicyclic amines) is 1. The first-order chi connectivity index (χ1) is 8.33. The minimum absolute atomic E-state index is 0.0878. The first-order valence-electron chi connectivity index (χ1n) is 6.78. The van der Waals surface area contributed by atoms with Gasteiger partial charge in [-0.2, -0.15) is 0 Å². The van der Waals surface area contributed by atoms with Crippen LogP contribution in [-0.4, -0.2) is 54.7 Å². The molecule has 2 atom stereocenters. The molecule has 2 rings (SSSR count). The Labute approximate surface area is 103 Å². The fourth-order valence-electron chi connectivity index (χ4n) is 3.18. The number of hydrogen-bond donors (Lipinski definition) is 1. The number of aliphatic hydroxyl groups is 1. The molecule has 0 aromatic heterocycles. The fraction of sp³-hybridized carbons (Fsp3) is 0.923. The molecule has 0 aromatic carbocycles. The molecule has 4 nitrogen and oxygen atoms in total. The third-order valence-corrected chi connectivity index (χ3v) is 3.99. The Hall–Kier alpha value is -0.450. The second-order valence-corrected chi connectivity index (χ2v) is 5.05. The summed E-state index contributed by atoms with van der Waals surface area (Å²) < 4.78 is 5.31. The normalized spacial score (nSPS) is 30.3. The second kappa shape index (κ2) is 6.47. The van der Waals surface area contributed by atoms with Crippen LogP contribution in [0.15, 0.2) is 0 Å². The fourth-order valence-corrected chi connectivity index (χ4v) is 3.18. The number of rotatable bonds is 6. The second-order valence-electron chi connectivity index (χ2n) is 5.05. The Morgan fingerprint density at radius 3 is 2.88 bits per heavy atom. The monoisotopic (exact) mass is 241 g/mol. The van der Waals surface area contributed by atoms with Gasteiger partial charge in [0.05, 0.1) is 19.8 Å². The molecule has 1 heterocycles. The van der Waals surface area contributed by atoms with Gasteiger partial charge >= 0.3 is 0 Å². The molecule has 1 saturated heterocycles. The van der Waals surface area contributed by atoms with Crippen LogP contribution in [0.2, 0.25) is 0 Å². The van der Waals surface area contributed by atoms with Crippen molar-refractivity contribution >= 4 is 5.78 Å². The van der Waals surface area contributed by atoms with Crippen molar-refractivity contribution < 1.29 is 14.6 Å². The van der Waals surface area contributed by atoms with Crippen molar-refractivity contribution in [2.75, 3.05) is 32.9 Å². The molecular weight excluding hydrogens is 218 g/mol. The average molecular weight is 241 g/mol. The molecule has 0 radical (unpaired) electrons. The minimum atomic E-state index is 0.0878. The summed E-state index contributed by atoms with van der Waals surface area (Å²) in [6, 6.07) is 0.461. The zero-order valence-electron chi connectivity index (χ0n) is 10.4. The molecule has 0 bridgehead atoms. The van der Waals surface area contributed by atoms with E-state index < -0.39 is 0 Å². The van der Waals surface area contributed by atoms with Gasteiger partial charge in [0.2, 0.25) is 0 Å². The van der Waals surface area contributed by atoms with Crippen molar-refractivity contribution in [3.8, 4) is 0 Å². The van der Waals surface area contributed by atoms with Gasteiger partial charge in [0.25, 0.3) is 0 Å². The maximum Gasteiger partial charge on any atom is 0.137 e. The van der Waals surface area contributed by atoms with Crippen LogP contribution >= 0.6 is 0 Å². The number of hydrogen-bond acceptors (Lipinski definition) is 4. The number of ether oxygens (including phenoxy) is 1. The van der Waals surface area contributed by atoms with Crippen LogP contribution in [0.4, 0.5) is 0 Å². The molecule has 0 amide bonds. The summed E-state index contributed by atoms with van der Waals surface area (Å²) in [6.45, 7) is 3.16. The third kappa shape index (κ3) is 3.27. The lowest BCUT2D eigenvalue weighted by Gasteiger charge is -2.28. The molecule has 0 aromatic rings. The van der Waals surface area contributed by atoms with E-state index in [0.717, 1.165) is 38.8 Å². The first kappa shape index (κ1) is 13.0. The van der Waals surface area contributed by atoms with E-state index >= 15 is 0 Å². The van der Waals surface area contributed by atoms with E-state index in [1.807, 2.05) is 0 Å². The molecule has 2 aliphatic rings. The van der Waals surface area contributed by atoms with Gasteiger partial charge in [0.15, 0.2) is 0 Å². The van der Waals surface area contributed by atoms with Crippen LogP contribution in [0, 0.1) is 5.92 Å². The largest absolute Gasteiger partial charge is 0.394 e. The summed E-state index contributed by atoms with van der Waals surface area (Å²) in [7, 11) is 0. The zero-order chi connectivity index (χ0) is 12.1. The van der Waals surface area contributed by atoms with Gasteiger partial charge in [-0.15, -0.1) is 0 Å². The summed E-state index contributed by atoms with van der Waals surface area (Å²) in [5.41, 5.74) is 0. The highest BCUT2D eigenvalue weighted by atomic mass is 16.5. The summed E-state index contributed by atoms with van der Waals surface area (Å²) in [5, 5.41) is 8.63. The summed E-state index contributed by atoms with van der Waals surface area (Å²) in [4.78, 5) is 14.2. The van der Waals surface area contributed by atoms with Gasteiger partial charge in [-0.3, -0.25) is 9.69 Å². The van der Waals surface area contributed by atoms with Crippen LogP contribution in [0.25, 0.3) is 0 Å². The molecule has 1 saturated carbocycles. The Bertz CT molecular complexity index is 257. The van der Waals surface area contributed by atoms with E-state index in [4.69, 9.17) is 9.84 Å². The van der Waals surface area contributed by atoms with Gasteiger partial charge in [-0.05, 0) is 32.2 Å². The van der Waals surface area contributed by atoms with E-state index in [1.54, 1.807) is 0 Å². The lowest BCUT2D eigenvalue weighted by molar-refractivity contribution is -0.122. The van der Waals surface area contributed by atoms with Gasteiger partial charge in [0.1, 0.15) is 5.78 Å². The van der Waals surface area contributed by atoms with Gasteiger partial charge in [-0.25, -0.2) is 0 Å². The molecule has 1 N–H and O–H groups in total. The lowest BCUT2D eigenvalue weighted by Crippen LogP contribution is -2.39. The minimum Gasteiger partial charge on any atom is -0.394 e. The summed E-state index contributed by atoms with van der Waals surface area (Å²) in [6.07, 6.45) is 5.31. The molecule has 2 fully saturated rings.